The van der Waals surface area contributed by atoms with Crippen LogP contribution in [0.15, 0.2) is 24.3 Å². The first kappa shape index (κ1) is 21.3. The van der Waals surface area contributed by atoms with Crippen molar-refractivity contribution in [3.8, 4) is 0 Å². The number of sulfonamides is 1. The molecule has 1 saturated carbocycles. The molecular formula is C21H32N2O4S. The monoisotopic (exact) mass is 408 g/mol. The number of nitrogens with zero attached hydrogens (tertiary/aromatic N) is 1. The molecule has 1 amide bonds. The van der Waals surface area contributed by atoms with Crippen LogP contribution in [0.2, 0.25) is 0 Å². The van der Waals surface area contributed by atoms with Crippen molar-refractivity contribution >= 4 is 15.9 Å². The smallest absolute Gasteiger partial charge is 0.220 e. The molecule has 2 aliphatic rings. The molecule has 1 heterocycles. The van der Waals surface area contributed by atoms with E-state index in [0.29, 0.717) is 45.2 Å². The third-order valence-corrected chi connectivity index (χ3v) is 7.73. The van der Waals surface area contributed by atoms with Crippen LogP contribution in [-0.4, -0.2) is 44.9 Å². The van der Waals surface area contributed by atoms with Gasteiger partial charge in [0, 0.05) is 26.1 Å². The van der Waals surface area contributed by atoms with E-state index in [1.54, 1.807) is 0 Å². The fraction of sp³-hybridized carbons (Fsp3) is 0.667. The van der Waals surface area contributed by atoms with Gasteiger partial charge in [0.1, 0.15) is 0 Å². The van der Waals surface area contributed by atoms with Crippen LogP contribution in [-0.2, 0) is 31.9 Å². The van der Waals surface area contributed by atoms with Gasteiger partial charge in [0.15, 0.2) is 0 Å². The molecule has 1 N–H and O–H groups in total. The topological polar surface area (TPSA) is 75.7 Å². The second-order valence-electron chi connectivity index (χ2n) is 8.14. The van der Waals surface area contributed by atoms with Crippen LogP contribution in [0.25, 0.3) is 0 Å². The predicted octanol–water partition coefficient (Wildman–Crippen LogP) is 2.68. The van der Waals surface area contributed by atoms with Crippen molar-refractivity contribution in [2.24, 2.45) is 11.8 Å². The molecule has 0 atom stereocenters. The molecule has 1 aliphatic heterocycles. The van der Waals surface area contributed by atoms with E-state index in [-0.39, 0.29) is 11.7 Å². The summed E-state index contributed by atoms with van der Waals surface area (Å²) >= 11 is 0. The normalized spacial score (nSPS) is 24.0. The van der Waals surface area contributed by atoms with E-state index in [1.165, 1.54) is 17.1 Å². The van der Waals surface area contributed by atoms with Crippen molar-refractivity contribution in [2.45, 2.75) is 51.3 Å². The number of hydrogen-bond donors (Lipinski definition) is 1. The van der Waals surface area contributed by atoms with Crippen molar-refractivity contribution in [2.75, 3.05) is 26.3 Å². The van der Waals surface area contributed by atoms with Crippen LogP contribution in [0, 0.1) is 11.8 Å². The summed E-state index contributed by atoms with van der Waals surface area (Å²) in [6.07, 6.45) is 5.24. The zero-order valence-electron chi connectivity index (χ0n) is 16.7. The van der Waals surface area contributed by atoms with Gasteiger partial charge in [-0.1, -0.05) is 44.0 Å². The maximum atomic E-state index is 12.7. The minimum Gasteiger partial charge on any atom is -0.379 e. The largest absolute Gasteiger partial charge is 0.379 e. The maximum Gasteiger partial charge on any atom is 0.220 e. The second-order valence-corrected chi connectivity index (χ2v) is 10.1. The first-order valence-corrected chi connectivity index (χ1v) is 11.9. The summed E-state index contributed by atoms with van der Waals surface area (Å²) in [5.74, 6) is 1.28. The Bertz CT molecular complexity index is 751. The first-order valence-electron chi connectivity index (χ1n) is 10.3. The van der Waals surface area contributed by atoms with Gasteiger partial charge in [0.25, 0.3) is 0 Å². The van der Waals surface area contributed by atoms with Gasteiger partial charge in [-0.3, -0.25) is 4.79 Å². The molecule has 1 aromatic carbocycles. The molecule has 1 aliphatic carbocycles. The molecule has 7 heteroatoms. The number of carbonyl (C=O) groups excluding carboxylic acids is 1. The van der Waals surface area contributed by atoms with Crippen molar-refractivity contribution in [1.82, 2.24) is 9.62 Å². The molecule has 6 nitrogen and oxygen atoms in total. The van der Waals surface area contributed by atoms with Gasteiger partial charge in [0.05, 0.1) is 19.0 Å². The average Bonchev–Trinajstić information content (AvgIpc) is 2.69. The van der Waals surface area contributed by atoms with E-state index in [1.807, 2.05) is 24.3 Å². The molecule has 2 fully saturated rings. The fourth-order valence-electron chi connectivity index (χ4n) is 4.04. The van der Waals surface area contributed by atoms with Crippen LogP contribution >= 0.6 is 0 Å². The molecular weight excluding hydrogens is 376 g/mol. The SMILES string of the molecule is CC1CCC(CC(=O)NCc2ccccc2CS(=O)(=O)N2CCOCC2)CC1. The van der Waals surface area contributed by atoms with E-state index >= 15 is 0 Å². The zero-order valence-corrected chi connectivity index (χ0v) is 17.5. The number of morpholine rings is 1. The summed E-state index contributed by atoms with van der Waals surface area (Å²) in [6.45, 7) is 4.34. The Morgan fingerprint density at radius 1 is 1.11 bits per heavy atom. The highest BCUT2D eigenvalue weighted by atomic mass is 32.2. The van der Waals surface area contributed by atoms with Gasteiger partial charge < -0.3 is 10.1 Å². The van der Waals surface area contributed by atoms with Gasteiger partial charge >= 0.3 is 0 Å². The van der Waals surface area contributed by atoms with E-state index < -0.39 is 10.0 Å². The Morgan fingerprint density at radius 2 is 1.75 bits per heavy atom. The minimum absolute atomic E-state index is 0.0421. The summed E-state index contributed by atoms with van der Waals surface area (Å²) in [5, 5.41) is 3.00. The second kappa shape index (κ2) is 9.85. The number of nitrogens with one attached hydrogen (secondary N) is 1. The van der Waals surface area contributed by atoms with E-state index in [4.69, 9.17) is 4.74 Å². The van der Waals surface area contributed by atoms with Crippen LogP contribution in [0.1, 0.15) is 50.2 Å². The summed E-state index contributed by atoms with van der Waals surface area (Å²) in [4.78, 5) is 12.4. The van der Waals surface area contributed by atoms with Crippen molar-refractivity contribution in [3.05, 3.63) is 35.4 Å². The standard InChI is InChI=1S/C21H32N2O4S/c1-17-6-8-18(9-7-17)14-21(24)22-15-19-4-2-3-5-20(19)16-28(25,26)23-10-12-27-13-11-23/h2-5,17-18H,6-16H2,1H3,(H,22,24). The van der Waals surface area contributed by atoms with Gasteiger partial charge in [0.2, 0.25) is 15.9 Å². The molecule has 0 radical (unpaired) electrons. The number of benzene rings is 1. The maximum absolute atomic E-state index is 12.7. The third kappa shape index (κ3) is 6.03. The van der Waals surface area contributed by atoms with E-state index in [9.17, 15) is 13.2 Å². The van der Waals surface area contributed by atoms with Gasteiger partial charge in [-0.25, -0.2) is 8.42 Å². The lowest BCUT2D eigenvalue weighted by atomic mass is 9.81. The summed E-state index contributed by atoms with van der Waals surface area (Å²) < 4.78 is 32.2. The Balaban J connectivity index is 1.55. The zero-order chi connectivity index (χ0) is 20.0. The molecule has 1 saturated heterocycles. The van der Waals surface area contributed by atoms with Crippen molar-refractivity contribution in [3.63, 3.8) is 0 Å². The quantitative estimate of drug-likeness (QED) is 0.753. The number of amides is 1. The lowest BCUT2D eigenvalue weighted by Gasteiger charge is -2.26. The van der Waals surface area contributed by atoms with Gasteiger partial charge in [-0.15, -0.1) is 0 Å². The molecule has 0 aromatic heterocycles. The minimum atomic E-state index is -3.38. The van der Waals surface area contributed by atoms with E-state index in [2.05, 4.69) is 12.2 Å². The van der Waals surface area contributed by atoms with Gasteiger partial charge in [-0.05, 0) is 35.8 Å². The Kier molecular flexibility index (Phi) is 7.48. The highest BCUT2D eigenvalue weighted by Crippen LogP contribution is 2.30. The Hall–Kier alpha value is -1.44. The number of carbonyl (C=O) groups is 1. The molecule has 0 unspecified atom stereocenters. The molecule has 28 heavy (non-hydrogen) atoms. The summed E-state index contributed by atoms with van der Waals surface area (Å²) in [5.41, 5.74) is 1.62. The van der Waals surface area contributed by atoms with Crippen LogP contribution in [0.5, 0.6) is 0 Å². The Morgan fingerprint density at radius 3 is 2.43 bits per heavy atom. The third-order valence-electron chi connectivity index (χ3n) is 5.91. The van der Waals surface area contributed by atoms with Crippen molar-refractivity contribution < 1.29 is 17.9 Å². The number of hydrogen-bond acceptors (Lipinski definition) is 4. The summed E-state index contributed by atoms with van der Waals surface area (Å²) in [6, 6.07) is 7.46. The fourth-order valence-corrected chi connectivity index (χ4v) is 5.61. The lowest BCUT2D eigenvalue weighted by molar-refractivity contribution is -0.122. The lowest BCUT2D eigenvalue weighted by Crippen LogP contribution is -2.41. The van der Waals surface area contributed by atoms with Crippen LogP contribution in [0.3, 0.4) is 0 Å². The predicted molar refractivity (Wildman–Crippen MR) is 109 cm³/mol. The highest BCUT2D eigenvalue weighted by Gasteiger charge is 2.25. The van der Waals surface area contributed by atoms with E-state index in [0.717, 1.165) is 29.9 Å². The number of ether oxygens (including phenoxy) is 1. The highest BCUT2D eigenvalue weighted by molar-refractivity contribution is 7.88. The Labute approximate surface area is 168 Å². The first-order chi connectivity index (χ1) is 13.4. The summed E-state index contributed by atoms with van der Waals surface area (Å²) in [7, 11) is -3.38. The molecule has 1 aromatic rings. The molecule has 156 valence electrons. The number of rotatable bonds is 7. The molecule has 3 rings (SSSR count). The average molecular weight is 409 g/mol. The van der Waals surface area contributed by atoms with Crippen molar-refractivity contribution in [1.29, 1.82) is 0 Å². The van der Waals surface area contributed by atoms with Crippen LogP contribution in [0.4, 0.5) is 0 Å². The van der Waals surface area contributed by atoms with Gasteiger partial charge in [-0.2, -0.15) is 4.31 Å². The van der Waals surface area contributed by atoms with Crippen LogP contribution < -0.4 is 5.32 Å². The molecule has 0 spiro atoms. The molecule has 0 bridgehead atoms.